The monoisotopic (exact) mass is 612 g/mol. The highest BCUT2D eigenvalue weighted by Crippen LogP contribution is 2.42. The number of halogens is 3. The van der Waals surface area contributed by atoms with Crippen molar-refractivity contribution in [3.05, 3.63) is 112 Å². The average molecular weight is 613 g/mol. The number of carbonyl (C=O) groups is 1. The molecule has 11 heteroatoms. The van der Waals surface area contributed by atoms with Gasteiger partial charge in [-0.15, -0.1) is 0 Å². The van der Waals surface area contributed by atoms with Crippen LogP contribution in [0.15, 0.2) is 66.7 Å². The lowest BCUT2D eigenvalue weighted by Gasteiger charge is -2.21. The van der Waals surface area contributed by atoms with E-state index in [4.69, 9.17) is 19.7 Å². The van der Waals surface area contributed by atoms with Gasteiger partial charge in [-0.1, -0.05) is 12.1 Å². The number of imidazole rings is 1. The number of carboxylic acid groups (broad SMARTS) is 1. The summed E-state index contributed by atoms with van der Waals surface area (Å²) in [7, 11) is 1.59. The molecule has 3 aromatic carbocycles. The van der Waals surface area contributed by atoms with Crippen molar-refractivity contribution < 1.29 is 32.5 Å². The van der Waals surface area contributed by atoms with E-state index >= 15 is 8.78 Å². The number of nitrogens with zero attached hydrogens (tertiary/aromatic N) is 4. The van der Waals surface area contributed by atoms with Crippen LogP contribution < -0.4 is 4.74 Å². The van der Waals surface area contributed by atoms with Crippen molar-refractivity contribution in [2.75, 3.05) is 13.7 Å². The third kappa shape index (κ3) is 6.23. The van der Waals surface area contributed by atoms with Gasteiger partial charge in [-0.3, -0.25) is 0 Å². The van der Waals surface area contributed by atoms with Crippen LogP contribution in [-0.2, 0) is 17.8 Å². The lowest BCUT2D eigenvalue weighted by molar-refractivity contribution is 0.0697. The maximum atomic E-state index is 15.6. The molecule has 1 saturated carbocycles. The summed E-state index contributed by atoms with van der Waals surface area (Å²) in [5.74, 6) is -2.20. The van der Waals surface area contributed by atoms with Crippen molar-refractivity contribution in [2.45, 2.75) is 31.9 Å². The quantitative estimate of drug-likeness (QED) is 0.174. The first-order chi connectivity index (χ1) is 21.7. The molecule has 0 amide bonds. The van der Waals surface area contributed by atoms with E-state index in [9.17, 15) is 14.3 Å². The van der Waals surface area contributed by atoms with Crippen molar-refractivity contribution in [1.82, 2.24) is 14.5 Å². The fourth-order valence-electron chi connectivity index (χ4n) is 5.46. The Labute approximate surface area is 256 Å². The van der Waals surface area contributed by atoms with Crippen molar-refractivity contribution in [3.63, 3.8) is 0 Å². The highest BCUT2D eigenvalue weighted by molar-refractivity contribution is 5.92. The number of carboxylic acids is 1. The highest BCUT2D eigenvalue weighted by Gasteiger charge is 2.35. The number of rotatable bonds is 11. The normalized spacial score (nSPS) is 13.5. The van der Waals surface area contributed by atoms with Crippen LogP contribution in [0.3, 0.4) is 0 Å². The summed E-state index contributed by atoms with van der Waals surface area (Å²) in [6.45, 7) is 0.182. The van der Waals surface area contributed by atoms with Crippen LogP contribution in [0.4, 0.5) is 13.2 Å². The van der Waals surface area contributed by atoms with Gasteiger partial charge in [0.2, 0.25) is 5.88 Å². The molecule has 1 aliphatic rings. The molecule has 0 radical (unpaired) electrons. The molecule has 1 fully saturated rings. The van der Waals surface area contributed by atoms with Crippen LogP contribution in [0.2, 0.25) is 0 Å². The fraction of sp³-hybridized carbons (Fsp3) is 0.235. The number of pyridine rings is 1. The molecule has 2 aromatic heterocycles. The van der Waals surface area contributed by atoms with Crippen LogP contribution in [-0.4, -0.2) is 39.3 Å². The Morgan fingerprint density at radius 3 is 2.53 bits per heavy atom. The fourth-order valence-corrected chi connectivity index (χ4v) is 5.46. The molecule has 228 valence electrons. The Morgan fingerprint density at radius 1 is 1.02 bits per heavy atom. The first-order valence-corrected chi connectivity index (χ1v) is 14.3. The Balaban J connectivity index is 1.29. The van der Waals surface area contributed by atoms with Crippen LogP contribution in [0.5, 0.6) is 5.88 Å². The largest absolute Gasteiger partial charge is 0.478 e. The number of ether oxygens (including phenoxy) is 2. The van der Waals surface area contributed by atoms with Gasteiger partial charge < -0.3 is 19.1 Å². The molecule has 1 aliphatic carbocycles. The van der Waals surface area contributed by atoms with Gasteiger partial charge in [0.1, 0.15) is 29.9 Å². The number of hydrogen-bond donors (Lipinski definition) is 1. The zero-order valence-electron chi connectivity index (χ0n) is 24.1. The average Bonchev–Trinajstić information content (AvgIpc) is 3.82. The third-order valence-electron chi connectivity index (χ3n) is 7.89. The zero-order valence-corrected chi connectivity index (χ0v) is 24.1. The second-order valence-corrected chi connectivity index (χ2v) is 10.9. The van der Waals surface area contributed by atoms with E-state index in [0.717, 1.165) is 31.0 Å². The summed E-state index contributed by atoms with van der Waals surface area (Å²) >= 11 is 0. The maximum Gasteiger partial charge on any atom is 0.335 e. The summed E-state index contributed by atoms with van der Waals surface area (Å²) in [6, 6.07) is 17.1. The highest BCUT2D eigenvalue weighted by atomic mass is 19.1. The number of benzene rings is 3. The van der Waals surface area contributed by atoms with E-state index in [1.54, 1.807) is 25.3 Å². The summed E-state index contributed by atoms with van der Waals surface area (Å²) in [6.07, 6.45) is 1.91. The molecule has 0 bridgehead atoms. The van der Waals surface area contributed by atoms with Crippen LogP contribution >= 0.6 is 0 Å². The molecule has 1 N–H and O–H groups in total. The zero-order chi connectivity index (χ0) is 31.7. The SMILES string of the molecule is COCC(C1CC1)n1c(Cc2cc(F)c(-c3cccc(OCc4ccc(C#N)cc4F)n3)cc2F)nc2ccc(C(=O)O)cc21. The molecule has 2 heterocycles. The number of methoxy groups -OCH3 is 1. The van der Waals surface area contributed by atoms with Crippen molar-refractivity contribution >= 4 is 17.0 Å². The van der Waals surface area contributed by atoms with E-state index in [0.29, 0.717) is 29.4 Å². The summed E-state index contributed by atoms with van der Waals surface area (Å²) in [4.78, 5) is 20.7. The number of nitriles is 1. The van der Waals surface area contributed by atoms with E-state index in [1.807, 2.05) is 10.6 Å². The molecular formula is C34H27F3N4O4. The lowest BCUT2D eigenvalue weighted by Crippen LogP contribution is -2.20. The molecule has 0 saturated heterocycles. The molecular weight excluding hydrogens is 585 g/mol. The van der Waals surface area contributed by atoms with E-state index in [2.05, 4.69) is 4.98 Å². The molecule has 5 aromatic rings. The number of hydrogen-bond acceptors (Lipinski definition) is 6. The molecule has 6 rings (SSSR count). The molecule has 0 aliphatic heterocycles. The van der Waals surface area contributed by atoms with Crippen LogP contribution in [0, 0.1) is 34.7 Å². The van der Waals surface area contributed by atoms with E-state index < -0.39 is 23.4 Å². The summed E-state index contributed by atoms with van der Waals surface area (Å²) in [5, 5.41) is 18.5. The van der Waals surface area contributed by atoms with Crippen LogP contribution in [0.1, 0.15) is 51.8 Å². The predicted octanol–water partition coefficient (Wildman–Crippen LogP) is 6.85. The van der Waals surface area contributed by atoms with Gasteiger partial charge in [0.25, 0.3) is 0 Å². The van der Waals surface area contributed by atoms with Crippen molar-refractivity contribution in [3.8, 4) is 23.2 Å². The summed E-state index contributed by atoms with van der Waals surface area (Å²) < 4.78 is 58.4. The van der Waals surface area contributed by atoms with Gasteiger partial charge >= 0.3 is 5.97 Å². The topological polar surface area (TPSA) is 110 Å². The van der Waals surface area contributed by atoms with Crippen molar-refractivity contribution in [1.29, 1.82) is 5.26 Å². The summed E-state index contributed by atoms with van der Waals surface area (Å²) in [5.41, 5.74) is 1.75. The van der Waals surface area contributed by atoms with Gasteiger partial charge in [-0.25, -0.2) is 27.9 Å². The molecule has 1 unspecified atom stereocenters. The predicted molar refractivity (Wildman–Crippen MR) is 158 cm³/mol. The second-order valence-electron chi connectivity index (χ2n) is 10.9. The Hall–Kier alpha value is -5.21. The van der Waals surface area contributed by atoms with E-state index in [-0.39, 0.29) is 58.5 Å². The first kappa shape index (κ1) is 29.8. The number of fused-ring (bicyclic) bond motifs is 1. The van der Waals surface area contributed by atoms with E-state index in [1.165, 1.54) is 30.3 Å². The second kappa shape index (κ2) is 12.4. The van der Waals surface area contributed by atoms with Gasteiger partial charge in [-0.2, -0.15) is 5.26 Å². The first-order valence-electron chi connectivity index (χ1n) is 14.3. The number of aromatic nitrogens is 3. The minimum atomic E-state index is -1.07. The number of aromatic carboxylic acids is 1. The Kier molecular flexibility index (Phi) is 8.24. The standard InChI is InChI=1S/C34H27F3N4O4/c1-44-18-31(20-7-8-20)41-30-13-21(34(42)43)9-10-29(30)39-32(41)14-23-12-27(37)24(15-26(23)36)28-3-2-4-33(40-28)45-17-22-6-5-19(16-38)11-25(22)35/h2-6,9-13,15,20,31H,7-8,14,17-18H2,1H3,(H,42,43). The lowest BCUT2D eigenvalue weighted by atomic mass is 10.0. The maximum absolute atomic E-state index is 15.6. The molecule has 0 spiro atoms. The molecule has 45 heavy (non-hydrogen) atoms. The molecule has 8 nitrogen and oxygen atoms in total. The van der Waals surface area contributed by atoms with Gasteiger partial charge in [0.15, 0.2) is 0 Å². The minimum absolute atomic E-state index is 0.0419. The van der Waals surface area contributed by atoms with Crippen LogP contribution in [0.25, 0.3) is 22.3 Å². The van der Waals surface area contributed by atoms with Gasteiger partial charge in [0, 0.05) is 30.7 Å². The van der Waals surface area contributed by atoms with Gasteiger partial charge in [-0.05, 0) is 72.9 Å². The third-order valence-corrected chi connectivity index (χ3v) is 7.89. The van der Waals surface area contributed by atoms with Crippen molar-refractivity contribution in [2.24, 2.45) is 5.92 Å². The minimum Gasteiger partial charge on any atom is -0.478 e. The smallest absolute Gasteiger partial charge is 0.335 e. The Morgan fingerprint density at radius 2 is 1.82 bits per heavy atom. The molecule has 1 atom stereocenters. The van der Waals surface area contributed by atoms with Gasteiger partial charge in [0.05, 0.1) is 46.6 Å². The Bertz CT molecular complexity index is 1970.